The lowest BCUT2D eigenvalue weighted by atomic mass is 9.86. The molecule has 2 rings (SSSR count). The summed E-state index contributed by atoms with van der Waals surface area (Å²) in [7, 11) is 4.24. The molecule has 0 radical (unpaired) electrons. The predicted octanol–water partition coefficient (Wildman–Crippen LogP) is 0.333. The summed E-state index contributed by atoms with van der Waals surface area (Å²) in [6.45, 7) is 5.78. The van der Waals surface area contributed by atoms with Crippen molar-refractivity contribution >= 4 is 0 Å². The Morgan fingerprint density at radius 1 is 1.38 bits per heavy atom. The van der Waals surface area contributed by atoms with Crippen molar-refractivity contribution in [2.24, 2.45) is 5.41 Å². The van der Waals surface area contributed by atoms with Crippen LogP contribution in [0.1, 0.15) is 12.8 Å². The molecule has 0 saturated carbocycles. The first-order valence-corrected chi connectivity index (χ1v) is 6.26. The summed E-state index contributed by atoms with van der Waals surface area (Å²) in [6, 6.07) is 0.606. The normalized spacial score (nSPS) is 35.1. The molecular weight excluding hydrogens is 204 g/mol. The van der Waals surface area contributed by atoms with Crippen LogP contribution in [0.2, 0.25) is 0 Å². The molecule has 4 heteroatoms. The molecule has 2 heterocycles. The highest BCUT2D eigenvalue weighted by molar-refractivity contribution is 4.89. The first kappa shape index (κ1) is 12.3. The Balaban J connectivity index is 1.89. The Kier molecular flexibility index (Phi) is 4.19. The van der Waals surface area contributed by atoms with E-state index < -0.39 is 0 Å². The highest BCUT2D eigenvalue weighted by Crippen LogP contribution is 2.30. The van der Waals surface area contributed by atoms with Crippen molar-refractivity contribution in [2.45, 2.75) is 18.9 Å². The van der Waals surface area contributed by atoms with E-state index in [4.69, 9.17) is 9.47 Å². The number of likely N-dealkylation sites (N-methyl/N-ethyl adjacent to an activating group) is 1. The minimum Gasteiger partial charge on any atom is -0.381 e. The Hall–Kier alpha value is -0.160. The summed E-state index contributed by atoms with van der Waals surface area (Å²) in [4.78, 5) is 2.46. The molecular formula is C12H24N2O2. The van der Waals surface area contributed by atoms with Crippen molar-refractivity contribution in [2.75, 3.05) is 53.6 Å². The van der Waals surface area contributed by atoms with Gasteiger partial charge in [0.25, 0.3) is 0 Å². The molecule has 4 nitrogen and oxygen atoms in total. The van der Waals surface area contributed by atoms with Gasteiger partial charge in [-0.1, -0.05) is 0 Å². The van der Waals surface area contributed by atoms with Gasteiger partial charge in [-0.05, 0) is 26.9 Å². The van der Waals surface area contributed by atoms with Gasteiger partial charge in [0.1, 0.15) is 0 Å². The number of rotatable bonds is 5. The molecule has 0 aromatic carbocycles. The van der Waals surface area contributed by atoms with E-state index >= 15 is 0 Å². The SMILES string of the molecule is CNCC1(CN(C)C2CCOC2)CCOC1. The van der Waals surface area contributed by atoms with Gasteiger partial charge in [-0.25, -0.2) is 0 Å². The fourth-order valence-electron chi connectivity index (χ4n) is 2.87. The molecule has 2 fully saturated rings. The van der Waals surface area contributed by atoms with Crippen LogP contribution in [-0.2, 0) is 9.47 Å². The fraction of sp³-hybridized carbons (Fsp3) is 1.00. The Morgan fingerprint density at radius 2 is 2.25 bits per heavy atom. The number of ether oxygens (including phenoxy) is 2. The van der Waals surface area contributed by atoms with E-state index in [-0.39, 0.29) is 0 Å². The topological polar surface area (TPSA) is 33.7 Å². The maximum atomic E-state index is 5.58. The largest absolute Gasteiger partial charge is 0.381 e. The van der Waals surface area contributed by atoms with E-state index in [0.29, 0.717) is 11.5 Å². The van der Waals surface area contributed by atoms with Gasteiger partial charge in [0, 0.05) is 37.8 Å². The third-order valence-electron chi connectivity index (χ3n) is 3.85. The smallest absolute Gasteiger partial charge is 0.0622 e. The lowest BCUT2D eigenvalue weighted by Crippen LogP contribution is -2.46. The van der Waals surface area contributed by atoms with Crippen molar-refractivity contribution in [3.05, 3.63) is 0 Å². The maximum absolute atomic E-state index is 5.58. The second-order valence-corrected chi connectivity index (χ2v) is 5.27. The van der Waals surface area contributed by atoms with Crippen LogP contribution in [0.25, 0.3) is 0 Å². The van der Waals surface area contributed by atoms with E-state index in [1.807, 2.05) is 7.05 Å². The van der Waals surface area contributed by atoms with E-state index in [1.54, 1.807) is 0 Å². The van der Waals surface area contributed by atoms with Gasteiger partial charge in [-0.15, -0.1) is 0 Å². The van der Waals surface area contributed by atoms with E-state index in [0.717, 1.165) is 39.5 Å². The molecule has 0 amide bonds. The summed E-state index contributed by atoms with van der Waals surface area (Å²) in [5, 5.41) is 3.31. The van der Waals surface area contributed by atoms with Crippen LogP contribution in [0.15, 0.2) is 0 Å². The summed E-state index contributed by atoms with van der Waals surface area (Å²) in [5.41, 5.74) is 0.312. The van der Waals surface area contributed by atoms with Crippen molar-refractivity contribution in [1.29, 1.82) is 0 Å². The van der Waals surface area contributed by atoms with Crippen molar-refractivity contribution in [3.63, 3.8) is 0 Å². The zero-order valence-electron chi connectivity index (χ0n) is 10.5. The van der Waals surface area contributed by atoms with Crippen LogP contribution >= 0.6 is 0 Å². The quantitative estimate of drug-likeness (QED) is 0.735. The zero-order chi connectivity index (χ0) is 11.4. The molecule has 16 heavy (non-hydrogen) atoms. The molecule has 0 spiro atoms. The molecule has 2 atom stereocenters. The van der Waals surface area contributed by atoms with E-state index in [1.165, 1.54) is 12.8 Å². The number of hydrogen-bond donors (Lipinski definition) is 1. The number of nitrogens with zero attached hydrogens (tertiary/aromatic N) is 1. The van der Waals surface area contributed by atoms with E-state index in [9.17, 15) is 0 Å². The minimum atomic E-state index is 0.312. The zero-order valence-corrected chi connectivity index (χ0v) is 10.5. The second kappa shape index (κ2) is 5.45. The van der Waals surface area contributed by atoms with Crippen LogP contribution in [0, 0.1) is 5.41 Å². The molecule has 2 aliphatic rings. The van der Waals surface area contributed by atoms with Crippen LogP contribution < -0.4 is 5.32 Å². The van der Waals surface area contributed by atoms with Gasteiger partial charge in [0.15, 0.2) is 0 Å². The third kappa shape index (κ3) is 2.74. The second-order valence-electron chi connectivity index (χ2n) is 5.27. The van der Waals surface area contributed by atoms with Gasteiger partial charge in [0.05, 0.1) is 13.2 Å². The van der Waals surface area contributed by atoms with Gasteiger partial charge in [-0.3, -0.25) is 0 Å². The molecule has 2 aliphatic heterocycles. The maximum Gasteiger partial charge on any atom is 0.0622 e. The standard InChI is InChI=1S/C12H24N2O2/c1-13-8-12(4-6-16-10-12)9-14(2)11-3-5-15-7-11/h11,13H,3-10H2,1-2H3. The molecule has 1 N–H and O–H groups in total. The summed E-state index contributed by atoms with van der Waals surface area (Å²) in [6.07, 6.45) is 2.35. The number of nitrogens with one attached hydrogen (secondary N) is 1. The van der Waals surface area contributed by atoms with Gasteiger partial charge >= 0.3 is 0 Å². The molecule has 0 aromatic rings. The number of hydrogen-bond acceptors (Lipinski definition) is 4. The van der Waals surface area contributed by atoms with Crippen molar-refractivity contribution in [3.8, 4) is 0 Å². The Labute approximate surface area is 98.3 Å². The fourth-order valence-corrected chi connectivity index (χ4v) is 2.87. The third-order valence-corrected chi connectivity index (χ3v) is 3.85. The molecule has 2 unspecified atom stereocenters. The van der Waals surface area contributed by atoms with Crippen LogP contribution in [0.4, 0.5) is 0 Å². The predicted molar refractivity (Wildman–Crippen MR) is 63.6 cm³/mol. The van der Waals surface area contributed by atoms with Gasteiger partial charge in [0.2, 0.25) is 0 Å². The first-order valence-electron chi connectivity index (χ1n) is 6.26. The Bertz CT molecular complexity index is 211. The molecule has 2 saturated heterocycles. The minimum absolute atomic E-state index is 0.312. The lowest BCUT2D eigenvalue weighted by molar-refractivity contribution is 0.0937. The van der Waals surface area contributed by atoms with E-state index in [2.05, 4.69) is 17.3 Å². The molecule has 0 aromatic heterocycles. The molecule has 0 bridgehead atoms. The average molecular weight is 228 g/mol. The summed E-state index contributed by atoms with van der Waals surface area (Å²) >= 11 is 0. The highest BCUT2D eigenvalue weighted by atomic mass is 16.5. The van der Waals surface area contributed by atoms with Crippen LogP contribution in [0.5, 0.6) is 0 Å². The summed E-state index contributed by atoms with van der Waals surface area (Å²) < 4.78 is 11.0. The molecule has 0 aliphatic carbocycles. The van der Waals surface area contributed by atoms with Crippen molar-refractivity contribution in [1.82, 2.24) is 10.2 Å². The Morgan fingerprint density at radius 3 is 2.81 bits per heavy atom. The van der Waals surface area contributed by atoms with Crippen molar-refractivity contribution < 1.29 is 9.47 Å². The summed E-state index contributed by atoms with van der Waals surface area (Å²) in [5.74, 6) is 0. The molecule has 94 valence electrons. The van der Waals surface area contributed by atoms with Crippen LogP contribution in [-0.4, -0.2) is 64.6 Å². The average Bonchev–Trinajstić information content (AvgIpc) is 2.88. The van der Waals surface area contributed by atoms with Gasteiger partial charge < -0.3 is 19.7 Å². The monoisotopic (exact) mass is 228 g/mol. The van der Waals surface area contributed by atoms with Gasteiger partial charge in [-0.2, -0.15) is 0 Å². The van der Waals surface area contributed by atoms with Crippen LogP contribution in [0.3, 0.4) is 0 Å². The highest BCUT2D eigenvalue weighted by Gasteiger charge is 2.37. The lowest BCUT2D eigenvalue weighted by Gasteiger charge is -2.34. The first-order chi connectivity index (χ1) is 7.76.